The Balaban J connectivity index is 1.31. The van der Waals surface area contributed by atoms with Gasteiger partial charge in [0.1, 0.15) is 6.04 Å². The molecule has 0 radical (unpaired) electrons. The highest BCUT2D eigenvalue weighted by atomic mass is 35.5. The minimum absolute atomic E-state index is 0.121. The summed E-state index contributed by atoms with van der Waals surface area (Å²) in [6.45, 7) is 0.767. The second-order valence-corrected chi connectivity index (χ2v) is 16.2. The van der Waals surface area contributed by atoms with E-state index in [9.17, 15) is 26.4 Å². The number of hydrogen-bond acceptors (Lipinski definition) is 7. The number of hydrogen-bond donors (Lipinski definition) is 2. The molecule has 1 aromatic rings. The number of alkyl halides is 1. The Labute approximate surface area is 244 Å². The van der Waals surface area contributed by atoms with Gasteiger partial charge in [-0.1, -0.05) is 18.0 Å². The zero-order valence-corrected chi connectivity index (χ0v) is 25.4. The van der Waals surface area contributed by atoms with Crippen LogP contribution in [0.3, 0.4) is 0 Å². The monoisotopic (exact) mass is 640 g/mol. The van der Waals surface area contributed by atoms with E-state index in [0.29, 0.717) is 54.4 Å². The van der Waals surface area contributed by atoms with Crippen LogP contribution in [-0.2, 0) is 29.6 Å². The van der Waals surface area contributed by atoms with Crippen LogP contribution in [0.15, 0.2) is 17.5 Å². The maximum atomic E-state index is 13.2. The molecule has 3 fully saturated rings. The number of likely N-dealkylation sites (tertiary alicyclic amines) is 2. The number of rotatable bonds is 10. The van der Waals surface area contributed by atoms with Crippen LogP contribution in [0.25, 0.3) is 6.08 Å². The van der Waals surface area contributed by atoms with Crippen molar-refractivity contribution in [3.05, 3.63) is 26.8 Å². The topological polar surface area (TPSA) is 133 Å². The molecule has 1 aromatic heterocycles. The number of nitrogens with one attached hydrogen (secondary N) is 2. The minimum atomic E-state index is -3.90. The van der Waals surface area contributed by atoms with Gasteiger partial charge in [-0.2, -0.15) is 4.72 Å². The lowest BCUT2D eigenvalue weighted by Crippen LogP contribution is -2.55. The smallest absolute Gasteiger partial charge is 0.242 e. The van der Waals surface area contributed by atoms with E-state index in [2.05, 4.69) is 9.44 Å². The minimum Gasteiger partial charge on any atom is -0.337 e. The lowest BCUT2D eigenvalue weighted by atomic mass is 10.00. The van der Waals surface area contributed by atoms with Crippen LogP contribution < -0.4 is 9.44 Å². The first-order valence-electron chi connectivity index (χ1n) is 13.1. The first-order valence-corrected chi connectivity index (χ1v) is 17.8. The average molecular weight is 642 g/mol. The van der Waals surface area contributed by atoms with Crippen LogP contribution in [0.2, 0.25) is 4.34 Å². The number of thiophene rings is 1. The first-order chi connectivity index (χ1) is 18.4. The molecule has 0 bridgehead atoms. The quantitative estimate of drug-likeness (QED) is 0.378. The molecule has 0 aromatic carbocycles. The lowest BCUT2D eigenvalue weighted by Gasteiger charge is -2.34. The van der Waals surface area contributed by atoms with Crippen molar-refractivity contribution in [1.82, 2.24) is 19.2 Å². The highest BCUT2D eigenvalue weighted by Gasteiger charge is 2.37. The van der Waals surface area contributed by atoms with Gasteiger partial charge in [-0.25, -0.2) is 21.6 Å². The maximum absolute atomic E-state index is 13.2. The average Bonchev–Trinajstić information content (AvgIpc) is 3.53. The van der Waals surface area contributed by atoms with Crippen molar-refractivity contribution >= 4 is 72.5 Å². The van der Waals surface area contributed by atoms with Crippen molar-refractivity contribution < 1.29 is 26.4 Å². The van der Waals surface area contributed by atoms with Crippen molar-refractivity contribution in [2.45, 2.75) is 74.1 Å². The lowest BCUT2D eigenvalue weighted by molar-refractivity contribution is -0.143. The van der Waals surface area contributed by atoms with Crippen molar-refractivity contribution in [2.75, 3.05) is 26.2 Å². The van der Waals surface area contributed by atoms with Gasteiger partial charge < -0.3 is 9.80 Å². The summed E-state index contributed by atoms with van der Waals surface area (Å²) in [4.78, 5) is 29.9. The summed E-state index contributed by atoms with van der Waals surface area (Å²) < 4.78 is 56.4. The Morgan fingerprint density at radius 3 is 2.56 bits per heavy atom. The first kappa shape index (κ1) is 30.7. The van der Waals surface area contributed by atoms with Gasteiger partial charge in [0.25, 0.3) is 0 Å². The van der Waals surface area contributed by atoms with Gasteiger partial charge in [0.15, 0.2) is 0 Å². The Morgan fingerprint density at radius 2 is 1.85 bits per heavy atom. The van der Waals surface area contributed by atoms with E-state index < -0.39 is 37.2 Å². The molecule has 2 saturated heterocycles. The van der Waals surface area contributed by atoms with Gasteiger partial charge in [-0.05, 0) is 63.2 Å². The standard InChI is InChI=1S/C24H34Cl2N4O6S3/c25-17-4-1-6-20(14-17)39(35,36)27-15-18-5-2-12-30(18)23(31)16-29-11-3-7-21(24(29)32)28-38(33,34)13-10-19-8-9-22(26)37-19/h8-10,13,17-18,20-21,27-28H,1-7,11-12,14-16H2/b13-10+/t17?,18-,20?,21+/m1/s1. The molecule has 15 heteroatoms. The van der Waals surface area contributed by atoms with E-state index in [4.69, 9.17) is 23.2 Å². The van der Waals surface area contributed by atoms with Gasteiger partial charge in [0, 0.05) is 41.3 Å². The molecule has 3 heterocycles. The summed E-state index contributed by atoms with van der Waals surface area (Å²) in [7, 11) is -7.45. The predicted molar refractivity (Wildman–Crippen MR) is 154 cm³/mol. The summed E-state index contributed by atoms with van der Waals surface area (Å²) in [6.07, 6.45) is 6.28. The highest BCUT2D eigenvalue weighted by Crippen LogP contribution is 2.28. The summed E-state index contributed by atoms with van der Waals surface area (Å²) in [5, 5.41) is 0.337. The highest BCUT2D eigenvalue weighted by molar-refractivity contribution is 7.92. The maximum Gasteiger partial charge on any atom is 0.242 e. The molecule has 4 atom stereocenters. The normalized spacial score (nSPS) is 27.0. The van der Waals surface area contributed by atoms with Crippen LogP contribution in [0.1, 0.15) is 56.2 Å². The SMILES string of the molecule is O=C1[C@@H](NS(=O)(=O)/C=C/c2ccc(Cl)s2)CCCN1CC(=O)N1CCC[C@@H]1CNS(=O)(=O)C1CCCC(Cl)C1. The van der Waals surface area contributed by atoms with E-state index in [0.717, 1.165) is 24.7 Å². The summed E-state index contributed by atoms with van der Waals surface area (Å²) >= 11 is 13.3. The molecule has 3 aliphatic rings. The number of carbonyl (C=O) groups is 2. The molecular weight excluding hydrogens is 607 g/mol. The third-order valence-electron chi connectivity index (χ3n) is 7.39. The number of piperidine rings is 1. The molecule has 4 rings (SSSR count). The molecule has 2 aliphatic heterocycles. The fourth-order valence-corrected chi connectivity index (χ4v) is 9.52. The Hall–Kier alpha value is -1.22. The van der Waals surface area contributed by atoms with E-state index in [1.165, 1.54) is 22.3 Å². The van der Waals surface area contributed by atoms with Gasteiger partial charge in [0.2, 0.25) is 31.9 Å². The predicted octanol–water partition coefficient (Wildman–Crippen LogP) is 2.74. The number of nitrogens with zero attached hydrogens (tertiary/aromatic N) is 2. The molecule has 2 unspecified atom stereocenters. The number of halogens is 2. The molecule has 10 nitrogen and oxygen atoms in total. The van der Waals surface area contributed by atoms with Crippen molar-refractivity contribution in [1.29, 1.82) is 0 Å². The van der Waals surface area contributed by atoms with Crippen LogP contribution in [-0.4, -0.2) is 87.3 Å². The Bertz CT molecular complexity index is 1290. The van der Waals surface area contributed by atoms with E-state index >= 15 is 0 Å². The molecule has 0 spiro atoms. The second-order valence-electron chi connectivity index (χ2n) is 10.2. The zero-order chi connectivity index (χ0) is 28.2. The molecule has 1 aliphatic carbocycles. The van der Waals surface area contributed by atoms with Gasteiger partial charge in [0.05, 0.1) is 16.1 Å². The van der Waals surface area contributed by atoms with E-state index in [1.807, 2.05) is 0 Å². The third-order valence-corrected chi connectivity index (χ3v) is 12.0. The van der Waals surface area contributed by atoms with Crippen molar-refractivity contribution in [2.24, 2.45) is 0 Å². The zero-order valence-electron chi connectivity index (χ0n) is 21.4. The summed E-state index contributed by atoms with van der Waals surface area (Å²) in [6, 6.07) is 2.10. The van der Waals surface area contributed by atoms with Gasteiger partial charge in [-0.3, -0.25) is 9.59 Å². The van der Waals surface area contributed by atoms with Gasteiger partial charge in [-0.15, -0.1) is 22.9 Å². The molecule has 2 amide bonds. The summed E-state index contributed by atoms with van der Waals surface area (Å²) in [5.74, 6) is -0.725. The number of carbonyl (C=O) groups excluding carboxylic acids is 2. The molecule has 1 saturated carbocycles. The molecular formula is C24H34Cl2N4O6S3. The molecule has 218 valence electrons. The number of sulfonamides is 2. The van der Waals surface area contributed by atoms with Crippen LogP contribution in [0.5, 0.6) is 0 Å². The van der Waals surface area contributed by atoms with Crippen LogP contribution in [0.4, 0.5) is 0 Å². The van der Waals surface area contributed by atoms with Crippen molar-refractivity contribution in [3.63, 3.8) is 0 Å². The van der Waals surface area contributed by atoms with E-state index in [-0.39, 0.29) is 30.4 Å². The van der Waals surface area contributed by atoms with Crippen LogP contribution in [0, 0.1) is 0 Å². The third kappa shape index (κ3) is 8.40. The largest absolute Gasteiger partial charge is 0.337 e. The second kappa shape index (κ2) is 13.2. The van der Waals surface area contributed by atoms with Crippen molar-refractivity contribution in [3.8, 4) is 0 Å². The fraction of sp³-hybridized carbons (Fsp3) is 0.667. The number of amides is 2. The Morgan fingerprint density at radius 1 is 1.08 bits per heavy atom. The van der Waals surface area contributed by atoms with E-state index in [1.54, 1.807) is 17.0 Å². The summed E-state index contributed by atoms with van der Waals surface area (Å²) in [5.41, 5.74) is 0. The molecule has 39 heavy (non-hydrogen) atoms. The fourth-order valence-electron chi connectivity index (χ4n) is 5.35. The molecule has 2 N–H and O–H groups in total. The Kier molecular flexibility index (Phi) is 10.4. The van der Waals surface area contributed by atoms with Gasteiger partial charge >= 0.3 is 0 Å². The van der Waals surface area contributed by atoms with Crippen LogP contribution >= 0.6 is 34.5 Å².